The summed E-state index contributed by atoms with van der Waals surface area (Å²) in [5.74, 6) is -0.206. The average molecular weight is 510 g/mol. The zero-order chi connectivity index (χ0) is 26.4. The second kappa shape index (κ2) is 9.31. The first kappa shape index (κ1) is 24.2. The molecule has 1 aromatic heterocycles. The Morgan fingerprint density at radius 2 is 1.76 bits per heavy atom. The third-order valence-electron chi connectivity index (χ3n) is 8.43. The summed E-state index contributed by atoms with van der Waals surface area (Å²) in [6.07, 6.45) is 4.98. The van der Waals surface area contributed by atoms with Crippen molar-refractivity contribution in [3.8, 4) is 16.9 Å². The number of rotatable bonds is 7. The predicted octanol–water partition coefficient (Wildman–Crippen LogP) is 5.69. The molecule has 194 valence electrons. The van der Waals surface area contributed by atoms with E-state index in [-0.39, 0.29) is 29.3 Å². The van der Waals surface area contributed by atoms with Crippen LogP contribution in [0.2, 0.25) is 0 Å². The van der Waals surface area contributed by atoms with Crippen LogP contribution in [0.15, 0.2) is 72.9 Å². The van der Waals surface area contributed by atoms with Gasteiger partial charge < -0.3 is 15.2 Å². The van der Waals surface area contributed by atoms with Crippen LogP contribution in [0.25, 0.3) is 22.0 Å². The lowest BCUT2D eigenvalue weighted by Gasteiger charge is -2.56. The summed E-state index contributed by atoms with van der Waals surface area (Å²) in [6, 6.07) is 22.1. The van der Waals surface area contributed by atoms with Gasteiger partial charge in [-0.15, -0.1) is 0 Å². The monoisotopic (exact) mass is 509 g/mol. The summed E-state index contributed by atoms with van der Waals surface area (Å²) in [5.41, 5.74) is 4.82. The number of amides is 1. The molecule has 1 spiro atoms. The van der Waals surface area contributed by atoms with Crippen LogP contribution in [0.1, 0.15) is 54.6 Å². The van der Waals surface area contributed by atoms with Crippen molar-refractivity contribution in [1.82, 2.24) is 15.1 Å². The van der Waals surface area contributed by atoms with Gasteiger partial charge in [-0.1, -0.05) is 48.5 Å². The second-order valence-corrected chi connectivity index (χ2v) is 10.9. The van der Waals surface area contributed by atoms with Gasteiger partial charge in [-0.2, -0.15) is 5.10 Å². The number of hydrogen-bond acceptors (Lipinski definition) is 4. The van der Waals surface area contributed by atoms with E-state index in [0.29, 0.717) is 5.56 Å². The van der Waals surface area contributed by atoms with E-state index in [9.17, 15) is 14.7 Å². The summed E-state index contributed by atoms with van der Waals surface area (Å²) >= 11 is 0. The first-order valence-corrected chi connectivity index (χ1v) is 13.1. The Morgan fingerprint density at radius 3 is 2.47 bits per heavy atom. The number of benzene rings is 3. The predicted molar refractivity (Wildman–Crippen MR) is 145 cm³/mol. The number of methoxy groups -OCH3 is 1. The topological polar surface area (TPSA) is 93.5 Å². The normalized spacial score (nSPS) is 22.9. The van der Waals surface area contributed by atoms with Gasteiger partial charge in [0, 0.05) is 11.4 Å². The number of aromatic nitrogens is 2. The Balaban J connectivity index is 1.20. The maximum absolute atomic E-state index is 13.4. The fraction of sp³-hybridized carbons (Fsp3) is 0.323. The number of hydrogen-bond donors (Lipinski definition) is 2. The second-order valence-electron chi connectivity index (χ2n) is 10.9. The van der Waals surface area contributed by atoms with Gasteiger partial charge in [0.2, 0.25) is 0 Å². The van der Waals surface area contributed by atoms with Crippen LogP contribution in [0.5, 0.6) is 5.75 Å². The highest BCUT2D eigenvalue weighted by atomic mass is 16.5. The molecule has 7 heteroatoms. The van der Waals surface area contributed by atoms with Crippen molar-refractivity contribution < 1.29 is 19.4 Å². The molecular weight excluding hydrogens is 478 g/mol. The maximum Gasteiger partial charge on any atom is 0.306 e. The highest BCUT2D eigenvalue weighted by Gasteiger charge is 2.55. The number of ether oxygens (including phenoxy) is 1. The van der Waals surface area contributed by atoms with E-state index < -0.39 is 5.97 Å². The lowest BCUT2D eigenvalue weighted by atomic mass is 9.50. The van der Waals surface area contributed by atoms with Crippen LogP contribution in [-0.4, -0.2) is 39.9 Å². The number of carboxylic acid groups (broad SMARTS) is 1. The number of aliphatic carboxylic acids is 1. The summed E-state index contributed by atoms with van der Waals surface area (Å²) in [5, 5.41) is 18.0. The van der Waals surface area contributed by atoms with Gasteiger partial charge in [0.15, 0.2) is 0 Å². The molecule has 0 saturated heterocycles. The van der Waals surface area contributed by atoms with Gasteiger partial charge in [-0.3, -0.25) is 14.3 Å². The zero-order valence-corrected chi connectivity index (χ0v) is 21.6. The molecule has 2 aliphatic rings. The molecule has 0 unspecified atom stereocenters. The summed E-state index contributed by atoms with van der Waals surface area (Å²) in [6.45, 7) is 2.09. The molecule has 7 nitrogen and oxygen atoms in total. The van der Waals surface area contributed by atoms with Gasteiger partial charge in [-0.05, 0) is 72.9 Å². The van der Waals surface area contributed by atoms with Crippen molar-refractivity contribution >= 4 is 22.8 Å². The molecule has 3 aromatic carbocycles. The minimum atomic E-state index is -0.702. The number of nitrogens with zero attached hydrogens (tertiary/aromatic N) is 2. The van der Waals surface area contributed by atoms with Gasteiger partial charge in [0.25, 0.3) is 5.91 Å². The number of nitrogens with one attached hydrogen (secondary N) is 1. The molecule has 2 N–H and O–H groups in total. The van der Waals surface area contributed by atoms with Crippen LogP contribution < -0.4 is 10.1 Å². The van der Waals surface area contributed by atoms with Gasteiger partial charge in [-0.25, -0.2) is 0 Å². The smallest absolute Gasteiger partial charge is 0.306 e. The number of carbonyl (C=O) groups is 2. The Morgan fingerprint density at radius 1 is 1.03 bits per heavy atom. The Hall–Kier alpha value is -4.13. The van der Waals surface area contributed by atoms with E-state index in [4.69, 9.17) is 4.74 Å². The van der Waals surface area contributed by atoms with Crippen molar-refractivity contribution in [1.29, 1.82) is 0 Å². The third kappa shape index (κ3) is 4.22. The molecule has 1 heterocycles. The number of carboxylic acids is 1. The van der Waals surface area contributed by atoms with E-state index >= 15 is 0 Å². The fourth-order valence-corrected chi connectivity index (χ4v) is 6.32. The SMILES string of the molecule is COc1cccc(-c2ccc([C@H](C)n3ncc4cccc(C(=O)NC5CC6(C5)CC(C(=O)O)C6)c43)cc2)c1. The third-order valence-corrected chi connectivity index (χ3v) is 8.43. The summed E-state index contributed by atoms with van der Waals surface area (Å²) in [4.78, 5) is 24.5. The van der Waals surface area contributed by atoms with Gasteiger partial charge in [0.1, 0.15) is 5.75 Å². The zero-order valence-electron chi connectivity index (χ0n) is 21.6. The van der Waals surface area contributed by atoms with Crippen molar-refractivity contribution in [3.63, 3.8) is 0 Å². The van der Waals surface area contributed by atoms with Crippen LogP contribution in [-0.2, 0) is 4.79 Å². The fourth-order valence-electron chi connectivity index (χ4n) is 6.32. The number of fused-ring (bicyclic) bond motifs is 1. The van der Waals surface area contributed by atoms with Gasteiger partial charge in [0.05, 0.1) is 36.3 Å². The van der Waals surface area contributed by atoms with Crippen LogP contribution >= 0.6 is 0 Å². The highest BCUT2D eigenvalue weighted by Crippen LogP contribution is 2.58. The quantitative estimate of drug-likeness (QED) is 0.334. The molecule has 0 bridgehead atoms. The molecule has 1 atom stereocenters. The molecule has 4 aromatic rings. The molecule has 2 saturated carbocycles. The lowest BCUT2D eigenvalue weighted by molar-refractivity contribution is -0.155. The standard InChI is InChI=1S/C31H31N3O4/c1-19(20-9-11-21(12-10-20)22-5-3-7-26(13-22)38-2)34-28-23(18-32-34)6-4-8-27(28)29(35)33-25-16-31(17-25)14-24(15-31)30(36)37/h3-13,18-19,24-25H,14-17H2,1-2H3,(H,33,35)(H,36,37)/t19-,24?,25?,31?/m0/s1. The number of carbonyl (C=O) groups excluding carboxylic acids is 1. The molecule has 0 radical (unpaired) electrons. The van der Waals surface area contributed by atoms with Crippen LogP contribution in [0.3, 0.4) is 0 Å². The summed E-state index contributed by atoms with van der Waals surface area (Å²) in [7, 11) is 1.67. The van der Waals surface area contributed by atoms with Crippen molar-refractivity contribution in [3.05, 3.63) is 84.1 Å². The first-order chi connectivity index (χ1) is 18.4. The van der Waals surface area contributed by atoms with E-state index in [1.165, 1.54) is 0 Å². The Labute approximate surface area is 221 Å². The van der Waals surface area contributed by atoms with Crippen LogP contribution in [0.4, 0.5) is 0 Å². The van der Waals surface area contributed by atoms with Gasteiger partial charge >= 0.3 is 5.97 Å². The average Bonchev–Trinajstić information content (AvgIpc) is 3.33. The minimum absolute atomic E-state index is 0.0734. The molecule has 38 heavy (non-hydrogen) atoms. The highest BCUT2D eigenvalue weighted by molar-refractivity contribution is 6.05. The molecule has 0 aliphatic heterocycles. The summed E-state index contributed by atoms with van der Waals surface area (Å²) < 4.78 is 7.29. The maximum atomic E-state index is 13.4. The molecule has 1 amide bonds. The molecule has 2 aliphatic carbocycles. The Kier molecular flexibility index (Phi) is 5.94. The van der Waals surface area contributed by atoms with Crippen LogP contribution in [0, 0.1) is 11.3 Å². The van der Waals surface area contributed by atoms with E-state index in [1.54, 1.807) is 7.11 Å². The van der Waals surface area contributed by atoms with E-state index in [1.807, 2.05) is 47.3 Å². The first-order valence-electron chi connectivity index (χ1n) is 13.1. The molecule has 2 fully saturated rings. The lowest BCUT2D eigenvalue weighted by Crippen LogP contribution is -2.57. The largest absolute Gasteiger partial charge is 0.497 e. The van der Waals surface area contributed by atoms with E-state index in [0.717, 1.165) is 59.0 Å². The van der Waals surface area contributed by atoms with Crippen molar-refractivity contribution in [2.45, 2.75) is 44.7 Å². The Bertz CT molecular complexity index is 1510. The number of para-hydroxylation sites is 1. The molecule has 6 rings (SSSR count). The van der Waals surface area contributed by atoms with Crippen molar-refractivity contribution in [2.75, 3.05) is 7.11 Å². The van der Waals surface area contributed by atoms with E-state index in [2.05, 4.69) is 47.7 Å². The minimum Gasteiger partial charge on any atom is -0.497 e. The van der Waals surface area contributed by atoms with Crippen molar-refractivity contribution in [2.24, 2.45) is 11.3 Å². The molecular formula is C31H31N3O4.